The van der Waals surface area contributed by atoms with Gasteiger partial charge >= 0.3 is 17.9 Å². The number of hydrogen-bond acceptors (Lipinski definition) is 6. The highest BCUT2D eigenvalue weighted by Gasteiger charge is 2.22. The number of rotatable bonds is 8. The summed E-state index contributed by atoms with van der Waals surface area (Å²) >= 11 is 0. The summed E-state index contributed by atoms with van der Waals surface area (Å²) in [6.07, 6.45) is 1.40. The second-order valence-corrected chi connectivity index (χ2v) is 6.41. The van der Waals surface area contributed by atoms with Crippen LogP contribution in [0.2, 0.25) is 0 Å². The third-order valence-electron chi connectivity index (χ3n) is 4.19. The molecule has 0 atom stereocenters. The van der Waals surface area contributed by atoms with Gasteiger partial charge in [0.2, 0.25) is 0 Å². The summed E-state index contributed by atoms with van der Waals surface area (Å²) in [6, 6.07) is 21.7. The van der Waals surface area contributed by atoms with E-state index >= 15 is 0 Å². The Balaban J connectivity index is 1.83. The van der Waals surface area contributed by atoms with Gasteiger partial charge in [-0.05, 0) is 35.9 Å². The van der Waals surface area contributed by atoms with Crippen LogP contribution in [0.1, 0.15) is 36.6 Å². The molecule has 0 aliphatic carbocycles. The van der Waals surface area contributed by atoms with Crippen LogP contribution < -0.4 is 4.74 Å². The predicted molar refractivity (Wildman–Crippen MR) is 114 cm³/mol. The van der Waals surface area contributed by atoms with Crippen LogP contribution in [0.5, 0.6) is 5.75 Å². The maximum atomic E-state index is 12.6. The van der Waals surface area contributed by atoms with Gasteiger partial charge in [-0.15, -0.1) is 0 Å². The van der Waals surface area contributed by atoms with Crippen molar-refractivity contribution in [3.8, 4) is 5.75 Å². The van der Waals surface area contributed by atoms with Crippen molar-refractivity contribution in [1.29, 1.82) is 0 Å². The van der Waals surface area contributed by atoms with E-state index in [0.717, 1.165) is 5.56 Å². The van der Waals surface area contributed by atoms with E-state index in [1.165, 1.54) is 24.3 Å². The number of carbonyl (C=O) groups is 3. The Hall–Kier alpha value is -4.19. The van der Waals surface area contributed by atoms with Crippen molar-refractivity contribution in [2.45, 2.75) is 6.61 Å². The fraction of sp³-hybridized carbons (Fsp3) is 0.0800. The first-order valence-electron chi connectivity index (χ1n) is 9.49. The highest BCUT2D eigenvalue weighted by Crippen LogP contribution is 2.18. The molecular weight excluding hydrogens is 396 g/mol. The minimum atomic E-state index is -0.777. The summed E-state index contributed by atoms with van der Waals surface area (Å²) in [7, 11) is 0. The molecule has 0 heterocycles. The van der Waals surface area contributed by atoms with Crippen molar-refractivity contribution in [3.63, 3.8) is 0 Å². The summed E-state index contributed by atoms with van der Waals surface area (Å²) in [4.78, 5) is 37.6. The van der Waals surface area contributed by atoms with Gasteiger partial charge in [0.1, 0.15) is 19.0 Å². The van der Waals surface area contributed by atoms with Gasteiger partial charge in [0.25, 0.3) is 0 Å². The van der Waals surface area contributed by atoms with Gasteiger partial charge in [-0.25, -0.2) is 14.4 Å². The zero-order valence-electron chi connectivity index (χ0n) is 16.7. The number of carbonyl (C=O) groups excluding carboxylic acids is 3. The monoisotopic (exact) mass is 416 g/mol. The van der Waals surface area contributed by atoms with Gasteiger partial charge in [0.15, 0.2) is 0 Å². The summed E-state index contributed by atoms with van der Waals surface area (Å²) in [6.45, 7) is 3.49. The van der Waals surface area contributed by atoms with E-state index < -0.39 is 17.9 Å². The minimum absolute atomic E-state index is 0.0127. The Labute approximate surface area is 179 Å². The molecule has 156 valence electrons. The SMILES string of the molecule is C=CCOC(=O)c1cc(C(=O)Oc2ccccc2)ccc1C(=O)OCc1ccccc1. The number of ether oxygens (including phenoxy) is 3. The Kier molecular flexibility index (Phi) is 7.32. The number of benzene rings is 3. The third kappa shape index (κ3) is 5.90. The standard InChI is InChI=1S/C25H20O6/c1-2-15-29-25(28)22-16-19(23(26)31-20-11-7-4-8-12-20)13-14-21(22)24(27)30-17-18-9-5-3-6-10-18/h2-14,16H,1,15,17H2. The van der Waals surface area contributed by atoms with E-state index in [1.807, 2.05) is 30.3 Å². The molecule has 0 aliphatic heterocycles. The lowest BCUT2D eigenvalue weighted by Crippen LogP contribution is -2.17. The lowest BCUT2D eigenvalue weighted by molar-refractivity contribution is 0.0450. The van der Waals surface area contributed by atoms with Crippen LogP contribution >= 0.6 is 0 Å². The molecule has 0 N–H and O–H groups in total. The van der Waals surface area contributed by atoms with E-state index in [1.54, 1.807) is 30.3 Å². The van der Waals surface area contributed by atoms with E-state index in [-0.39, 0.29) is 29.9 Å². The lowest BCUT2D eigenvalue weighted by Gasteiger charge is -2.11. The molecule has 3 rings (SSSR count). The molecule has 0 amide bonds. The van der Waals surface area contributed by atoms with Crippen LogP contribution in [0.15, 0.2) is 91.5 Å². The van der Waals surface area contributed by atoms with Gasteiger partial charge < -0.3 is 14.2 Å². The van der Waals surface area contributed by atoms with Crippen LogP contribution in [0.25, 0.3) is 0 Å². The molecule has 6 nitrogen and oxygen atoms in total. The molecule has 0 aromatic heterocycles. The van der Waals surface area contributed by atoms with Crippen LogP contribution in [-0.2, 0) is 16.1 Å². The van der Waals surface area contributed by atoms with Gasteiger partial charge in [-0.3, -0.25) is 0 Å². The molecule has 0 fully saturated rings. The van der Waals surface area contributed by atoms with E-state index in [4.69, 9.17) is 14.2 Å². The molecule has 0 bridgehead atoms. The normalized spacial score (nSPS) is 10.1. The first-order chi connectivity index (χ1) is 15.1. The molecule has 3 aromatic carbocycles. The average molecular weight is 416 g/mol. The van der Waals surface area contributed by atoms with Crippen LogP contribution in [0.3, 0.4) is 0 Å². The van der Waals surface area contributed by atoms with Crippen LogP contribution in [0, 0.1) is 0 Å². The zero-order valence-corrected chi connectivity index (χ0v) is 16.7. The topological polar surface area (TPSA) is 78.9 Å². The van der Waals surface area contributed by atoms with Crippen molar-refractivity contribution >= 4 is 17.9 Å². The van der Waals surface area contributed by atoms with Crippen molar-refractivity contribution in [2.24, 2.45) is 0 Å². The van der Waals surface area contributed by atoms with Crippen molar-refractivity contribution < 1.29 is 28.6 Å². The van der Waals surface area contributed by atoms with Crippen LogP contribution in [0.4, 0.5) is 0 Å². The van der Waals surface area contributed by atoms with Gasteiger partial charge in [0.05, 0.1) is 16.7 Å². The quantitative estimate of drug-likeness (QED) is 0.303. The largest absolute Gasteiger partial charge is 0.458 e. The molecule has 6 heteroatoms. The Bertz CT molecular complexity index is 1070. The lowest BCUT2D eigenvalue weighted by atomic mass is 10.0. The van der Waals surface area contributed by atoms with Gasteiger partial charge in [-0.1, -0.05) is 61.2 Å². The van der Waals surface area contributed by atoms with Gasteiger partial charge in [-0.2, -0.15) is 0 Å². The predicted octanol–water partition coefficient (Wildman–Crippen LogP) is 4.61. The Morgan fingerprint density at radius 1 is 0.742 bits per heavy atom. The minimum Gasteiger partial charge on any atom is -0.458 e. The Morgan fingerprint density at radius 2 is 1.39 bits per heavy atom. The summed E-state index contributed by atoms with van der Waals surface area (Å²) in [5, 5.41) is 0. The van der Waals surface area contributed by atoms with Crippen LogP contribution in [-0.4, -0.2) is 24.5 Å². The fourth-order valence-electron chi connectivity index (χ4n) is 2.69. The van der Waals surface area contributed by atoms with E-state index in [0.29, 0.717) is 5.75 Å². The molecule has 0 aliphatic rings. The number of para-hydroxylation sites is 1. The molecule has 0 radical (unpaired) electrons. The number of hydrogen-bond donors (Lipinski definition) is 0. The maximum Gasteiger partial charge on any atom is 0.343 e. The average Bonchev–Trinajstić information content (AvgIpc) is 2.82. The number of esters is 3. The summed E-state index contributed by atoms with van der Waals surface area (Å²) in [5.41, 5.74) is 0.785. The Morgan fingerprint density at radius 3 is 2.06 bits per heavy atom. The molecule has 31 heavy (non-hydrogen) atoms. The smallest absolute Gasteiger partial charge is 0.343 e. The van der Waals surface area contributed by atoms with Gasteiger partial charge in [0, 0.05) is 0 Å². The zero-order chi connectivity index (χ0) is 22.1. The molecule has 0 spiro atoms. The van der Waals surface area contributed by atoms with Crippen molar-refractivity contribution in [1.82, 2.24) is 0 Å². The maximum absolute atomic E-state index is 12.6. The molecule has 3 aromatic rings. The second kappa shape index (κ2) is 10.5. The molecule has 0 unspecified atom stereocenters. The highest BCUT2D eigenvalue weighted by molar-refractivity contribution is 6.05. The first kappa shape index (κ1) is 21.5. The first-order valence-corrected chi connectivity index (χ1v) is 9.49. The van der Waals surface area contributed by atoms with E-state index in [9.17, 15) is 14.4 Å². The molecule has 0 saturated carbocycles. The fourth-order valence-corrected chi connectivity index (χ4v) is 2.69. The molecule has 0 saturated heterocycles. The van der Waals surface area contributed by atoms with E-state index in [2.05, 4.69) is 6.58 Å². The van der Waals surface area contributed by atoms with Crippen molar-refractivity contribution in [2.75, 3.05) is 6.61 Å². The summed E-state index contributed by atoms with van der Waals surface area (Å²) in [5.74, 6) is -1.80. The highest BCUT2D eigenvalue weighted by atomic mass is 16.5. The summed E-state index contributed by atoms with van der Waals surface area (Å²) < 4.78 is 15.7. The van der Waals surface area contributed by atoms with Crippen molar-refractivity contribution in [3.05, 3.63) is 114 Å². The third-order valence-corrected chi connectivity index (χ3v) is 4.19. The second-order valence-electron chi connectivity index (χ2n) is 6.41. The molecular formula is C25H20O6.